The van der Waals surface area contributed by atoms with Gasteiger partial charge in [0.2, 0.25) is 5.91 Å². The van der Waals surface area contributed by atoms with Crippen molar-refractivity contribution in [1.82, 2.24) is 15.5 Å². The number of carbonyl (C=O) groups is 1. The van der Waals surface area contributed by atoms with Gasteiger partial charge in [-0.3, -0.25) is 9.79 Å². The molecule has 1 aliphatic rings. The first-order chi connectivity index (χ1) is 12.7. The van der Waals surface area contributed by atoms with Crippen molar-refractivity contribution in [2.24, 2.45) is 10.9 Å². The molecule has 0 unspecified atom stereocenters. The molecule has 1 aliphatic heterocycles. The molecule has 1 saturated heterocycles. The van der Waals surface area contributed by atoms with Gasteiger partial charge in [0.1, 0.15) is 5.82 Å². The Labute approximate surface area is 155 Å². The van der Waals surface area contributed by atoms with Gasteiger partial charge < -0.3 is 15.5 Å². The third-order valence-electron chi connectivity index (χ3n) is 4.69. The number of carbonyl (C=O) groups excluding carboxylic acids is 1. The molecule has 1 heterocycles. The number of hydrogen-bond acceptors (Lipinski definition) is 2. The number of guanidine groups is 1. The number of halogens is 4. The topological polar surface area (TPSA) is 56.7 Å². The molecule has 5 nitrogen and oxygen atoms in total. The Hall–Kier alpha value is -2.32. The van der Waals surface area contributed by atoms with E-state index in [-0.39, 0.29) is 23.9 Å². The number of aliphatic imine (C=N–C) groups is 1. The van der Waals surface area contributed by atoms with Crippen molar-refractivity contribution >= 4 is 11.9 Å². The van der Waals surface area contributed by atoms with E-state index in [1.54, 1.807) is 14.1 Å². The summed E-state index contributed by atoms with van der Waals surface area (Å²) in [5.41, 5.74) is -1.03. The summed E-state index contributed by atoms with van der Waals surface area (Å²) in [4.78, 5) is 17.6. The molecule has 0 aromatic heterocycles. The summed E-state index contributed by atoms with van der Waals surface area (Å²) >= 11 is 0. The number of rotatable bonds is 4. The lowest BCUT2D eigenvalue weighted by molar-refractivity contribution is -0.138. The highest BCUT2D eigenvalue weighted by Crippen LogP contribution is 2.32. The van der Waals surface area contributed by atoms with Crippen molar-refractivity contribution in [3.05, 3.63) is 35.1 Å². The van der Waals surface area contributed by atoms with E-state index < -0.39 is 17.6 Å². The molecule has 2 N–H and O–H groups in total. The highest BCUT2D eigenvalue weighted by atomic mass is 19.4. The van der Waals surface area contributed by atoms with Crippen molar-refractivity contribution in [2.45, 2.75) is 32.0 Å². The van der Waals surface area contributed by atoms with Crippen molar-refractivity contribution in [2.75, 3.05) is 27.2 Å². The van der Waals surface area contributed by atoms with Gasteiger partial charge in [-0.15, -0.1) is 0 Å². The Morgan fingerprint density at radius 3 is 2.52 bits per heavy atom. The molecule has 0 saturated carbocycles. The fraction of sp³-hybridized carbons (Fsp3) is 0.556. The van der Waals surface area contributed by atoms with Gasteiger partial charge in [0.15, 0.2) is 5.96 Å². The van der Waals surface area contributed by atoms with Crippen LogP contribution in [-0.2, 0) is 17.5 Å². The zero-order chi connectivity index (χ0) is 20.0. The summed E-state index contributed by atoms with van der Waals surface area (Å²) in [7, 11) is 3.17. The summed E-state index contributed by atoms with van der Waals surface area (Å²) in [6.45, 7) is 1.22. The highest BCUT2D eigenvalue weighted by molar-refractivity contribution is 5.80. The summed E-state index contributed by atoms with van der Waals surface area (Å²) < 4.78 is 52.5. The second kappa shape index (κ2) is 9.05. The zero-order valence-electron chi connectivity index (χ0n) is 15.4. The van der Waals surface area contributed by atoms with E-state index in [0.717, 1.165) is 25.0 Å². The smallest absolute Gasteiger partial charge is 0.359 e. The average molecular weight is 388 g/mol. The predicted octanol–water partition coefficient (Wildman–Crippen LogP) is 2.77. The first kappa shape index (κ1) is 21.0. The Bertz CT molecular complexity index is 682. The summed E-state index contributed by atoms with van der Waals surface area (Å²) in [6.07, 6.45) is -2.54. The van der Waals surface area contributed by atoms with E-state index in [1.165, 1.54) is 0 Å². The standard InChI is InChI=1S/C18H24F4N4O/c1-23-16(27)9-12-5-7-26(8-6-12)17(24-2)25-11-13-3-4-14(19)10-15(13)18(20,21)22/h3-4,10,12H,5-9,11H2,1-2H3,(H,23,27)(H,24,25). The molecule has 2 rings (SSSR count). The van der Waals surface area contributed by atoms with Crippen LogP contribution < -0.4 is 10.6 Å². The van der Waals surface area contributed by atoms with E-state index in [2.05, 4.69) is 15.6 Å². The van der Waals surface area contributed by atoms with Crippen LogP contribution in [0.3, 0.4) is 0 Å². The molecule has 1 aromatic carbocycles. The molecule has 150 valence electrons. The van der Waals surface area contributed by atoms with Crippen LogP contribution in [0.25, 0.3) is 0 Å². The SMILES string of the molecule is CN=C(NCc1ccc(F)cc1C(F)(F)F)N1CCC(CC(=O)NC)CC1. The molecule has 0 radical (unpaired) electrons. The largest absolute Gasteiger partial charge is 0.416 e. The number of likely N-dealkylation sites (tertiary alicyclic amines) is 1. The molecule has 1 aromatic rings. The third kappa shape index (κ3) is 5.83. The maximum Gasteiger partial charge on any atom is 0.416 e. The molecule has 0 atom stereocenters. The zero-order valence-corrected chi connectivity index (χ0v) is 15.4. The van der Waals surface area contributed by atoms with Gasteiger partial charge in [0.05, 0.1) is 5.56 Å². The Balaban J connectivity index is 1.97. The normalized spacial score (nSPS) is 16.4. The Morgan fingerprint density at radius 1 is 1.30 bits per heavy atom. The molecule has 0 bridgehead atoms. The van der Waals surface area contributed by atoms with Crippen molar-refractivity contribution in [1.29, 1.82) is 0 Å². The van der Waals surface area contributed by atoms with Crippen molar-refractivity contribution in [3.8, 4) is 0 Å². The van der Waals surface area contributed by atoms with Gasteiger partial charge in [0.25, 0.3) is 0 Å². The Kier molecular flexibility index (Phi) is 7.04. The summed E-state index contributed by atoms with van der Waals surface area (Å²) in [5, 5.41) is 5.54. The quantitative estimate of drug-likeness (QED) is 0.474. The third-order valence-corrected chi connectivity index (χ3v) is 4.69. The summed E-state index contributed by atoms with van der Waals surface area (Å²) in [5.74, 6) is -0.139. The van der Waals surface area contributed by atoms with Gasteiger partial charge in [-0.2, -0.15) is 13.2 Å². The number of piperidine rings is 1. The number of hydrogen-bond donors (Lipinski definition) is 2. The molecule has 1 fully saturated rings. The predicted molar refractivity (Wildman–Crippen MR) is 94.6 cm³/mol. The van der Waals surface area contributed by atoms with Gasteiger partial charge in [-0.05, 0) is 36.5 Å². The van der Waals surface area contributed by atoms with E-state index in [0.29, 0.717) is 31.5 Å². The minimum Gasteiger partial charge on any atom is -0.359 e. The number of amides is 1. The number of alkyl halides is 3. The van der Waals surface area contributed by atoms with Crippen LogP contribution >= 0.6 is 0 Å². The highest BCUT2D eigenvalue weighted by Gasteiger charge is 2.34. The lowest BCUT2D eigenvalue weighted by atomic mass is 9.93. The van der Waals surface area contributed by atoms with Gasteiger partial charge in [0, 0.05) is 40.2 Å². The van der Waals surface area contributed by atoms with Gasteiger partial charge in [-0.1, -0.05) is 6.07 Å². The van der Waals surface area contributed by atoms with Crippen LogP contribution in [0.15, 0.2) is 23.2 Å². The van der Waals surface area contributed by atoms with Crippen molar-refractivity contribution < 1.29 is 22.4 Å². The summed E-state index contributed by atoms with van der Waals surface area (Å²) in [6, 6.07) is 2.65. The van der Waals surface area contributed by atoms with E-state index in [4.69, 9.17) is 0 Å². The molecule has 0 spiro atoms. The molecule has 27 heavy (non-hydrogen) atoms. The fourth-order valence-corrected chi connectivity index (χ4v) is 3.19. The minimum atomic E-state index is -4.62. The molecular formula is C18H24F4N4O. The minimum absolute atomic E-state index is 0.00643. The van der Waals surface area contributed by atoms with Crippen LogP contribution in [0.2, 0.25) is 0 Å². The molecule has 1 amide bonds. The van der Waals surface area contributed by atoms with Crippen LogP contribution in [0, 0.1) is 11.7 Å². The monoisotopic (exact) mass is 388 g/mol. The van der Waals surface area contributed by atoms with E-state index >= 15 is 0 Å². The first-order valence-corrected chi connectivity index (χ1v) is 8.76. The van der Waals surface area contributed by atoms with Crippen LogP contribution in [0.4, 0.5) is 17.6 Å². The Morgan fingerprint density at radius 2 is 1.96 bits per heavy atom. The molecule has 9 heteroatoms. The lowest BCUT2D eigenvalue weighted by Gasteiger charge is -2.34. The van der Waals surface area contributed by atoms with Crippen molar-refractivity contribution in [3.63, 3.8) is 0 Å². The van der Waals surface area contributed by atoms with E-state index in [9.17, 15) is 22.4 Å². The fourth-order valence-electron chi connectivity index (χ4n) is 3.19. The number of nitrogens with one attached hydrogen (secondary N) is 2. The van der Waals surface area contributed by atoms with Crippen LogP contribution in [-0.4, -0.2) is 44.0 Å². The number of nitrogens with zero attached hydrogens (tertiary/aromatic N) is 2. The van der Waals surface area contributed by atoms with E-state index in [1.807, 2.05) is 4.90 Å². The lowest BCUT2D eigenvalue weighted by Crippen LogP contribution is -2.45. The second-order valence-electron chi connectivity index (χ2n) is 6.51. The molecular weight excluding hydrogens is 364 g/mol. The maximum absolute atomic E-state index is 13.2. The second-order valence-corrected chi connectivity index (χ2v) is 6.51. The number of benzene rings is 1. The average Bonchev–Trinajstić information content (AvgIpc) is 2.63. The maximum atomic E-state index is 13.2. The van der Waals surface area contributed by atoms with Gasteiger partial charge in [-0.25, -0.2) is 4.39 Å². The van der Waals surface area contributed by atoms with Crippen LogP contribution in [0.1, 0.15) is 30.4 Å². The van der Waals surface area contributed by atoms with Crippen LogP contribution in [0.5, 0.6) is 0 Å². The van der Waals surface area contributed by atoms with Gasteiger partial charge >= 0.3 is 6.18 Å². The first-order valence-electron chi connectivity index (χ1n) is 8.76. The molecule has 0 aliphatic carbocycles.